The van der Waals surface area contributed by atoms with Gasteiger partial charge in [-0.2, -0.15) is 4.98 Å². The predicted octanol–water partition coefficient (Wildman–Crippen LogP) is 1.40. The molecule has 0 saturated carbocycles. The van der Waals surface area contributed by atoms with Crippen molar-refractivity contribution in [3.63, 3.8) is 0 Å². The number of nitrogens with zero attached hydrogens (tertiary/aromatic N) is 4. The standard InChI is InChI=1S/C12H15N5/c1-9-6-11(16-12(13)15-9)17(2)8-10-4-3-5-14-7-10/h3-7H,8H2,1-2H3,(H2,13,15,16). The number of nitrogens with two attached hydrogens (primary N) is 1. The van der Waals surface area contributed by atoms with Crippen molar-refractivity contribution >= 4 is 11.8 Å². The monoisotopic (exact) mass is 229 g/mol. The molecule has 88 valence electrons. The van der Waals surface area contributed by atoms with E-state index in [4.69, 9.17) is 5.73 Å². The third-order valence-corrected chi connectivity index (χ3v) is 2.39. The first-order valence-corrected chi connectivity index (χ1v) is 5.36. The molecule has 0 bridgehead atoms. The highest BCUT2D eigenvalue weighted by Crippen LogP contribution is 2.14. The van der Waals surface area contributed by atoms with Crippen LogP contribution in [0.2, 0.25) is 0 Å². The lowest BCUT2D eigenvalue weighted by atomic mass is 10.2. The maximum absolute atomic E-state index is 5.63. The van der Waals surface area contributed by atoms with Crippen LogP contribution < -0.4 is 10.6 Å². The molecule has 0 radical (unpaired) electrons. The molecule has 0 aliphatic rings. The molecule has 5 nitrogen and oxygen atoms in total. The lowest BCUT2D eigenvalue weighted by molar-refractivity contribution is 0.884. The third kappa shape index (κ3) is 2.90. The lowest BCUT2D eigenvalue weighted by Gasteiger charge is -2.18. The second-order valence-corrected chi connectivity index (χ2v) is 3.94. The Bertz CT molecular complexity index is 477. The summed E-state index contributed by atoms with van der Waals surface area (Å²) in [5.74, 6) is 1.12. The minimum absolute atomic E-state index is 0.304. The van der Waals surface area contributed by atoms with E-state index in [1.165, 1.54) is 0 Å². The summed E-state index contributed by atoms with van der Waals surface area (Å²) in [4.78, 5) is 14.4. The average molecular weight is 229 g/mol. The first-order chi connectivity index (χ1) is 8.15. The summed E-state index contributed by atoms with van der Waals surface area (Å²) < 4.78 is 0. The Morgan fingerprint density at radius 1 is 1.35 bits per heavy atom. The fraction of sp³-hybridized carbons (Fsp3) is 0.250. The SMILES string of the molecule is Cc1cc(N(C)Cc2cccnc2)nc(N)n1. The molecule has 17 heavy (non-hydrogen) atoms. The number of pyridine rings is 1. The normalized spacial score (nSPS) is 10.2. The van der Waals surface area contributed by atoms with Crippen LogP contribution in [0.3, 0.4) is 0 Å². The lowest BCUT2D eigenvalue weighted by Crippen LogP contribution is -2.18. The summed E-state index contributed by atoms with van der Waals surface area (Å²) in [6.07, 6.45) is 3.60. The highest BCUT2D eigenvalue weighted by Gasteiger charge is 2.05. The Hall–Kier alpha value is -2.17. The zero-order valence-corrected chi connectivity index (χ0v) is 9.96. The van der Waals surface area contributed by atoms with Gasteiger partial charge in [0.2, 0.25) is 5.95 Å². The summed E-state index contributed by atoms with van der Waals surface area (Å²) in [6, 6.07) is 5.86. The van der Waals surface area contributed by atoms with Crippen LogP contribution in [0.1, 0.15) is 11.3 Å². The summed E-state index contributed by atoms with van der Waals surface area (Å²) in [5.41, 5.74) is 7.63. The van der Waals surface area contributed by atoms with Gasteiger partial charge in [0.1, 0.15) is 5.82 Å². The molecule has 2 heterocycles. The summed E-state index contributed by atoms with van der Waals surface area (Å²) in [5, 5.41) is 0. The molecule has 2 aromatic rings. The number of nitrogen functional groups attached to an aromatic ring is 1. The van der Waals surface area contributed by atoms with E-state index < -0.39 is 0 Å². The van der Waals surface area contributed by atoms with Crippen LogP contribution in [-0.4, -0.2) is 22.0 Å². The highest BCUT2D eigenvalue weighted by atomic mass is 15.2. The number of aromatic nitrogens is 3. The van der Waals surface area contributed by atoms with Gasteiger partial charge in [-0.3, -0.25) is 4.98 Å². The molecule has 0 aliphatic heterocycles. The van der Waals surface area contributed by atoms with Crippen molar-refractivity contribution in [2.24, 2.45) is 0 Å². The van der Waals surface area contributed by atoms with E-state index in [0.29, 0.717) is 5.95 Å². The van der Waals surface area contributed by atoms with E-state index >= 15 is 0 Å². The van der Waals surface area contributed by atoms with Crippen LogP contribution >= 0.6 is 0 Å². The van der Waals surface area contributed by atoms with E-state index in [2.05, 4.69) is 15.0 Å². The molecule has 2 aromatic heterocycles. The van der Waals surface area contributed by atoms with Gasteiger partial charge in [-0.15, -0.1) is 0 Å². The first kappa shape index (κ1) is 11.3. The number of aryl methyl sites for hydroxylation is 1. The second kappa shape index (κ2) is 4.78. The second-order valence-electron chi connectivity index (χ2n) is 3.94. The van der Waals surface area contributed by atoms with Gasteiger partial charge in [-0.05, 0) is 18.6 Å². The Kier molecular flexibility index (Phi) is 3.18. The summed E-state index contributed by atoms with van der Waals surface area (Å²) in [7, 11) is 1.97. The van der Waals surface area contributed by atoms with E-state index in [9.17, 15) is 0 Å². The van der Waals surface area contributed by atoms with Gasteiger partial charge >= 0.3 is 0 Å². The Balaban J connectivity index is 2.17. The average Bonchev–Trinajstić information content (AvgIpc) is 2.29. The number of rotatable bonds is 3. The fourth-order valence-corrected chi connectivity index (χ4v) is 1.62. The topological polar surface area (TPSA) is 67.9 Å². The fourth-order valence-electron chi connectivity index (χ4n) is 1.62. The van der Waals surface area contributed by atoms with E-state index in [1.807, 2.05) is 43.3 Å². The number of anilines is 2. The zero-order chi connectivity index (χ0) is 12.3. The Labute approximate surface area is 100 Å². The zero-order valence-electron chi connectivity index (χ0n) is 9.96. The van der Waals surface area contributed by atoms with Crippen molar-refractivity contribution in [3.8, 4) is 0 Å². The third-order valence-electron chi connectivity index (χ3n) is 2.39. The van der Waals surface area contributed by atoms with Crippen molar-refractivity contribution in [1.29, 1.82) is 0 Å². The van der Waals surface area contributed by atoms with E-state index in [1.54, 1.807) is 6.20 Å². The molecule has 5 heteroatoms. The van der Waals surface area contributed by atoms with Crippen LogP contribution in [0.5, 0.6) is 0 Å². The molecule has 0 atom stereocenters. The minimum Gasteiger partial charge on any atom is -0.368 e. The van der Waals surface area contributed by atoms with Crippen molar-refractivity contribution in [3.05, 3.63) is 41.9 Å². The van der Waals surface area contributed by atoms with E-state index in [-0.39, 0.29) is 0 Å². The van der Waals surface area contributed by atoms with Crippen molar-refractivity contribution in [2.45, 2.75) is 13.5 Å². The molecule has 0 saturated heterocycles. The quantitative estimate of drug-likeness (QED) is 0.861. The molecule has 0 amide bonds. The van der Waals surface area contributed by atoms with Crippen molar-refractivity contribution in [1.82, 2.24) is 15.0 Å². The predicted molar refractivity (Wildman–Crippen MR) is 67.5 cm³/mol. The largest absolute Gasteiger partial charge is 0.368 e. The number of hydrogen-bond acceptors (Lipinski definition) is 5. The maximum Gasteiger partial charge on any atom is 0.222 e. The van der Waals surface area contributed by atoms with Crippen LogP contribution in [0.25, 0.3) is 0 Å². The first-order valence-electron chi connectivity index (χ1n) is 5.36. The van der Waals surface area contributed by atoms with Crippen molar-refractivity contribution < 1.29 is 0 Å². The molecule has 0 unspecified atom stereocenters. The minimum atomic E-state index is 0.304. The molecule has 0 aliphatic carbocycles. The molecule has 0 spiro atoms. The van der Waals surface area contributed by atoms with Crippen LogP contribution in [0.4, 0.5) is 11.8 Å². The Morgan fingerprint density at radius 2 is 2.18 bits per heavy atom. The molecule has 2 rings (SSSR count). The summed E-state index contributed by atoms with van der Waals surface area (Å²) >= 11 is 0. The smallest absolute Gasteiger partial charge is 0.222 e. The van der Waals surface area contributed by atoms with Gasteiger partial charge in [-0.25, -0.2) is 4.98 Å². The van der Waals surface area contributed by atoms with Gasteiger partial charge in [0, 0.05) is 37.7 Å². The van der Waals surface area contributed by atoms with Crippen LogP contribution in [0, 0.1) is 6.92 Å². The molecular weight excluding hydrogens is 214 g/mol. The van der Waals surface area contributed by atoms with Gasteiger partial charge in [0.05, 0.1) is 0 Å². The molecular formula is C12H15N5. The van der Waals surface area contributed by atoms with Gasteiger partial charge in [0.25, 0.3) is 0 Å². The Morgan fingerprint density at radius 3 is 2.82 bits per heavy atom. The van der Waals surface area contributed by atoms with Crippen LogP contribution in [-0.2, 0) is 6.54 Å². The van der Waals surface area contributed by atoms with E-state index in [0.717, 1.165) is 23.6 Å². The highest BCUT2D eigenvalue weighted by molar-refractivity contribution is 5.43. The van der Waals surface area contributed by atoms with Gasteiger partial charge in [0.15, 0.2) is 0 Å². The summed E-state index contributed by atoms with van der Waals surface area (Å²) in [6.45, 7) is 2.64. The maximum atomic E-state index is 5.63. The molecule has 0 aromatic carbocycles. The number of hydrogen-bond donors (Lipinski definition) is 1. The van der Waals surface area contributed by atoms with Crippen molar-refractivity contribution in [2.75, 3.05) is 17.7 Å². The van der Waals surface area contributed by atoms with Gasteiger partial charge in [-0.1, -0.05) is 6.07 Å². The molecule has 2 N–H and O–H groups in total. The van der Waals surface area contributed by atoms with Crippen LogP contribution in [0.15, 0.2) is 30.6 Å². The molecule has 0 fully saturated rings. The van der Waals surface area contributed by atoms with Gasteiger partial charge < -0.3 is 10.6 Å².